The predicted octanol–water partition coefficient (Wildman–Crippen LogP) is 4.55. The lowest BCUT2D eigenvalue weighted by atomic mass is 9.95. The van der Waals surface area contributed by atoms with Crippen molar-refractivity contribution in [2.75, 3.05) is 11.9 Å². The Morgan fingerprint density at radius 2 is 1.76 bits per heavy atom. The summed E-state index contributed by atoms with van der Waals surface area (Å²) in [7, 11) is 0. The highest BCUT2D eigenvalue weighted by molar-refractivity contribution is 7.18. The summed E-state index contributed by atoms with van der Waals surface area (Å²) in [4.78, 5) is 38.4. The topological polar surface area (TPSA) is 84.5 Å². The normalized spacial score (nSPS) is 14.3. The first-order chi connectivity index (χ1) is 14.0. The van der Waals surface area contributed by atoms with E-state index in [1.165, 1.54) is 6.42 Å². The van der Waals surface area contributed by atoms with E-state index in [1.807, 2.05) is 6.07 Å². The van der Waals surface area contributed by atoms with E-state index in [0.29, 0.717) is 21.0 Å². The van der Waals surface area contributed by atoms with Gasteiger partial charge in [0.25, 0.3) is 11.8 Å². The summed E-state index contributed by atoms with van der Waals surface area (Å²) < 4.78 is 5.16. The first kappa shape index (κ1) is 21.0. The molecule has 29 heavy (non-hydrogen) atoms. The molecule has 1 heterocycles. The van der Waals surface area contributed by atoms with Crippen molar-refractivity contribution in [2.45, 2.75) is 52.0 Å². The molecule has 1 aromatic carbocycles. The van der Waals surface area contributed by atoms with Crippen LogP contribution in [0, 0.1) is 6.92 Å². The third-order valence-electron chi connectivity index (χ3n) is 5.04. The summed E-state index contributed by atoms with van der Waals surface area (Å²) in [6.45, 7) is 3.65. The summed E-state index contributed by atoms with van der Waals surface area (Å²) in [5, 5.41) is 6.20. The molecule has 0 bridgehead atoms. The molecule has 2 amide bonds. The summed E-state index contributed by atoms with van der Waals surface area (Å²) in [5.74, 6) is -1.08. The smallest absolute Gasteiger partial charge is 0.341 e. The number of thiophene rings is 1. The number of benzene rings is 1. The van der Waals surface area contributed by atoms with E-state index in [2.05, 4.69) is 10.6 Å². The molecule has 2 N–H and O–H groups in total. The molecule has 0 atom stereocenters. The Bertz CT molecular complexity index is 886. The quantitative estimate of drug-likeness (QED) is 0.679. The lowest BCUT2D eigenvalue weighted by Gasteiger charge is -2.22. The minimum atomic E-state index is -0.540. The Kier molecular flexibility index (Phi) is 7.04. The van der Waals surface area contributed by atoms with Crippen molar-refractivity contribution >= 4 is 34.1 Å². The molecular formula is C22H26N2O4S. The molecule has 1 aromatic heterocycles. The van der Waals surface area contributed by atoms with Gasteiger partial charge in [-0.15, -0.1) is 11.3 Å². The number of nitrogens with one attached hydrogen (secondary N) is 2. The van der Waals surface area contributed by atoms with Crippen molar-refractivity contribution < 1.29 is 19.1 Å². The van der Waals surface area contributed by atoms with Crippen molar-refractivity contribution in [3.05, 3.63) is 51.9 Å². The van der Waals surface area contributed by atoms with Crippen LogP contribution < -0.4 is 10.6 Å². The maximum absolute atomic E-state index is 12.9. The van der Waals surface area contributed by atoms with Gasteiger partial charge in [0.05, 0.1) is 17.0 Å². The zero-order valence-electron chi connectivity index (χ0n) is 16.7. The molecule has 1 aliphatic carbocycles. The zero-order chi connectivity index (χ0) is 20.8. The van der Waals surface area contributed by atoms with E-state index < -0.39 is 5.97 Å². The second-order valence-electron chi connectivity index (χ2n) is 7.11. The van der Waals surface area contributed by atoms with Gasteiger partial charge in [0.2, 0.25) is 0 Å². The molecule has 7 heteroatoms. The SMILES string of the molecule is CCOC(=O)c1c(NC(=O)c2ccccc2)sc(C(=O)NC2CCCCC2)c1C. The van der Waals surface area contributed by atoms with Crippen LogP contribution in [-0.2, 0) is 4.74 Å². The third-order valence-corrected chi connectivity index (χ3v) is 6.24. The van der Waals surface area contributed by atoms with Crippen molar-refractivity contribution in [3.63, 3.8) is 0 Å². The van der Waals surface area contributed by atoms with Crippen molar-refractivity contribution in [1.29, 1.82) is 0 Å². The van der Waals surface area contributed by atoms with Gasteiger partial charge in [0, 0.05) is 11.6 Å². The molecule has 154 valence electrons. The third kappa shape index (κ3) is 5.03. The second-order valence-corrected chi connectivity index (χ2v) is 8.13. The number of amides is 2. The molecule has 1 fully saturated rings. The molecule has 0 spiro atoms. The van der Waals surface area contributed by atoms with Gasteiger partial charge < -0.3 is 15.4 Å². The van der Waals surface area contributed by atoms with Crippen LogP contribution in [0.5, 0.6) is 0 Å². The Hall–Kier alpha value is -2.67. The van der Waals surface area contributed by atoms with E-state index in [0.717, 1.165) is 37.0 Å². The van der Waals surface area contributed by atoms with E-state index >= 15 is 0 Å². The average molecular weight is 415 g/mol. The van der Waals surface area contributed by atoms with Crippen LogP contribution in [0.15, 0.2) is 30.3 Å². The monoisotopic (exact) mass is 414 g/mol. The van der Waals surface area contributed by atoms with E-state index in [-0.39, 0.29) is 30.0 Å². The fourth-order valence-electron chi connectivity index (χ4n) is 3.53. The summed E-state index contributed by atoms with van der Waals surface area (Å²) in [6.07, 6.45) is 5.37. The van der Waals surface area contributed by atoms with Gasteiger partial charge in [-0.3, -0.25) is 9.59 Å². The van der Waals surface area contributed by atoms with Gasteiger partial charge in [0.15, 0.2) is 0 Å². The zero-order valence-corrected chi connectivity index (χ0v) is 17.6. The predicted molar refractivity (Wildman–Crippen MR) is 114 cm³/mol. The van der Waals surface area contributed by atoms with Crippen molar-refractivity contribution in [2.24, 2.45) is 0 Å². The number of anilines is 1. The van der Waals surface area contributed by atoms with E-state index in [1.54, 1.807) is 38.1 Å². The second kappa shape index (κ2) is 9.69. The van der Waals surface area contributed by atoms with E-state index in [4.69, 9.17) is 4.74 Å². The Morgan fingerprint density at radius 1 is 1.07 bits per heavy atom. The fourth-order valence-corrected chi connectivity index (χ4v) is 4.62. The molecular weight excluding hydrogens is 388 g/mol. The van der Waals surface area contributed by atoms with Crippen LogP contribution in [0.25, 0.3) is 0 Å². The Morgan fingerprint density at radius 3 is 2.41 bits per heavy atom. The molecule has 2 aromatic rings. The number of ether oxygens (including phenoxy) is 1. The van der Waals surface area contributed by atoms with Crippen molar-refractivity contribution in [3.8, 4) is 0 Å². The van der Waals surface area contributed by atoms with Gasteiger partial charge in [-0.25, -0.2) is 4.79 Å². The summed E-state index contributed by atoms with van der Waals surface area (Å²) >= 11 is 1.12. The first-order valence-corrected chi connectivity index (χ1v) is 10.8. The number of carbonyl (C=O) groups excluding carboxylic acids is 3. The maximum Gasteiger partial charge on any atom is 0.341 e. The maximum atomic E-state index is 12.9. The summed E-state index contributed by atoms with van der Waals surface area (Å²) in [6, 6.07) is 8.90. The lowest BCUT2D eigenvalue weighted by Crippen LogP contribution is -2.36. The number of hydrogen-bond donors (Lipinski definition) is 2. The number of hydrogen-bond acceptors (Lipinski definition) is 5. The van der Waals surface area contributed by atoms with Crippen molar-refractivity contribution in [1.82, 2.24) is 5.32 Å². The highest BCUT2D eigenvalue weighted by Gasteiger charge is 2.28. The number of rotatable bonds is 6. The van der Waals surface area contributed by atoms with Gasteiger partial charge in [0.1, 0.15) is 5.00 Å². The highest BCUT2D eigenvalue weighted by atomic mass is 32.1. The average Bonchev–Trinajstić information content (AvgIpc) is 3.05. The molecule has 1 aliphatic rings. The molecule has 0 unspecified atom stereocenters. The molecule has 1 saturated carbocycles. The molecule has 3 rings (SSSR count). The standard InChI is InChI=1S/C22H26N2O4S/c1-3-28-22(27)17-14(2)18(20(26)23-16-12-8-5-9-13-16)29-21(17)24-19(25)15-10-6-4-7-11-15/h4,6-7,10-11,16H,3,5,8-9,12-13H2,1-2H3,(H,23,26)(H,24,25). The van der Waals surface area contributed by atoms with Gasteiger partial charge >= 0.3 is 5.97 Å². The van der Waals surface area contributed by atoms with Crippen LogP contribution in [0.4, 0.5) is 5.00 Å². The van der Waals surface area contributed by atoms with Crippen LogP contribution in [0.3, 0.4) is 0 Å². The fraction of sp³-hybridized carbons (Fsp3) is 0.409. The number of carbonyl (C=O) groups is 3. The van der Waals surface area contributed by atoms with Crippen LogP contribution in [-0.4, -0.2) is 30.4 Å². The summed E-state index contributed by atoms with van der Waals surface area (Å²) in [5.41, 5.74) is 1.25. The molecule has 0 aliphatic heterocycles. The van der Waals surface area contributed by atoms with E-state index in [9.17, 15) is 14.4 Å². The van der Waals surface area contributed by atoms with Crippen LogP contribution in [0.2, 0.25) is 0 Å². The van der Waals surface area contributed by atoms with Gasteiger partial charge in [-0.05, 0) is 44.4 Å². The van der Waals surface area contributed by atoms with Crippen LogP contribution >= 0.6 is 11.3 Å². The molecule has 0 radical (unpaired) electrons. The largest absolute Gasteiger partial charge is 0.462 e. The lowest BCUT2D eigenvalue weighted by molar-refractivity contribution is 0.0527. The molecule has 0 saturated heterocycles. The highest BCUT2D eigenvalue weighted by Crippen LogP contribution is 2.34. The minimum Gasteiger partial charge on any atom is -0.462 e. The van der Waals surface area contributed by atoms with Crippen LogP contribution in [0.1, 0.15) is 75.0 Å². The Labute approximate surface area is 174 Å². The van der Waals surface area contributed by atoms with Gasteiger partial charge in [-0.2, -0.15) is 0 Å². The minimum absolute atomic E-state index is 0.158. The van der Waals surface area contributed by atoms with Gasteiger partial charge in [-0.1, -0.05) is 37.5 Å². The number of esters is 1. The molecule has 6 nitrogen and oxygen atoms in total. The Balaban J connectivity index is 1.87. The first-order valence-electron chi connectivity index (χ1n) is 9.99.